The molecule has 0 aliphatic rings. The van der Waals surface area contributed by atoms with Crippen LogP contribution in [0.1, 0.15) is 38.7 Å². The van der Waals surface area contributed by atoms with Crippen LogP contribution < -0.4 is 0 Å². The molecule has 0 saturated carbocycles. The summed E-state index contributed by atoms with van der Waals surface area (Å²) >= 11 is 0. The molecule has 0 aromatic heterocycles. The summed E-state index contributed by atoms with van der Waals surface area (Å²) in [6.07, 6.45) is -0.000724. The summed E-state index contributed by atoms with van der Waals surface area (Å²) in [7, 11) is 0. The van der Waals surface area contributed by atoms with E-state index in [4.69, 9.17) is 9.47 Å². The molecule has 0 fully saturated rings. The zero-order valence-corrected chi connectivity index (χ0v) is 11.5. The van der Waals surface area contributed by atoms with Gasteiger partial charge in [-0.15, -0.1) is 0 Å². The SMILES string of the molecule is CCOC(CC(c1ccccc1)C(C)O)OCC. The molecule has 0 radical (unpaired) electrons. The summed E-state index contributed by atoms with van der Waals surface area (Å²) in [4.78, 5) is 0. The normalized spacial score (nSPS) is 14.7. The summed E-state index contributed by atoms with van der Waals surface area (Å²) < 4.78 is 11.1. The van der Waals surface area contributed by atoms with Crippen molar-refractivity contribution >= 4 is 0 Å². The van der Waals surface area contributed by atoms with Gasteiger partial charge in [0.2, 0.25) is 0 Å². The highest BCUT2D eigenvalue weighted by Crippen LogP contribution is 2.26. The van der Waals surface area contributed by atoms with Gasteiger partial charge in [0, 0.05) is 25.6 Å². The maximum Gasteiger partial charge on any atom is 0.158 e. The molecule has 0 amide bonds. The van der Waals surface area contributed by atoms with Gasteiger partial charge in [-0.05, 0) is 26.3 Å². The van der Waals surface area contributed by atoms with Crippen molar-refractivity contribution in [1.29, 1.82) is 0 Å². The molecular weight excluding hydrogens is 228 g/mol. The van der Waals surface area contributed by atoms with Crippen molar-refractivity contribution in [1.82, 2.24) is 0 Å². The zero-order valence-electron chi connectivity index (χ0n) is 11.5. The zero-order chi connectivity index (χ0) is 13.4. The van der Waals surface area contributed by atoms with E-state index in [1.165, 1.54) is 0 Å². The third-order valence-electron chi connectivity index (χ3n) is 2.96. The second-order valence-electron chi connectivity index (χ2n) is 4.33. The average Bonchev–Trinajstić information content (AvgIpc) is 2.37. The van der Waals surface area contributed by atoms with Crippen molar-refractivity contribution in [2.75, 3.05) is 13.2 Å². The Bertz CT molecular complexity index is 305. The minimum Gasteiger partial charge on any atom is -0.393 e. The molecule has 1 N–H and O–H groups in total. The molecule has 0 aliphatic heterocycles. The molecule has 102 valence electrons. The fourth-order valence-electron chi connectivity index (χ4n) is 2.08. The van der Waals surface area contributed by atoms with Crippen LogP contribution in [0, 0.1) is 0 Å². The highest BCUT2D eigenvalue weighted by molar-refractivity contribution is 5.20. The number of aliphatic hydroxyl groups is 1. The minimum atomic E-state index is -0.421. The fraction of sp³-hybridized carbons (Fsp3) is 0.600. The topological polar surface area (TPSA) is 38.7 Å². The molecule has 1 rings (SSSR count). The predicted octanol–water partition coefficient (Wildman–Crippen LogP) is 2.94. The van der Waals surface area contributed by atoms with Crippen molar-refractivity contribution < 1.29 is 14.6 Å². The number of rotatable bonds is 8. The van der Waals surface area contributed by atoms with Crippen LogP contribution >= 0.6 is 0 Å². The van der Waals surface area contributed by atoms with E-state index in [0.29, 0.717) is 19.6 Å². The van der Waals surface area contributed by atoms with E-state index in [9.17, 15) is 5.11 Å². The Labute approximate surface area is 110 Å². The lowest BCUT2D eigenvalue weighted by molar-refractivity contribution is -0.145. The van der Waals surface area contributed by atoms with Crippen molar-refractivity contribution in [3.63, 3.8) is 0 Å². The molecular formula is C15H24O3. The standard InChI is InChI=1S/C15H24O3/c1-4-17-15(18-5-2)11-14(12(3)16)13-9-7-6-8-10-13/h6-10,12,14-16H,4-5,11H2,1-3H3. The van der Waals surface area contributed by atoms with Gasteiger partial charge >= 0.3 is 0 Å². The van der Waals surface area contributed by atoms with Crippen LogP contribution in [0.3, 0.4) is 0 Å². The largest absolute Gasteiger partial charge is 0.393 e. The Morgan fingerprint density at radius 1 is 1.06 bits per heavy atom. The molecule has 0 aliphatic carbocycles. The third-order valence-corrected chi connectivity index (χ3v) is 2.96. The minimum absolute atomic E-state index is 0.0364. The quantitative estimate of drug-likeness (QED) is 0.723. The molecule has 2 atom stereocenters. The lowest BCUT2D eigenvalue weighted by atomic mass is 9.91. The van der Waals surface area contributed by atoms with Crippen molar-refractivity contribution in [2.24, 2.45) is 0 Å². The highest BCUT2D eigenvalue weighted by Gasteiger charge is 2.22. The summed E-state index contributed by atoms with van der Waals surface area (Å²) in [5.41, 5.74) is 1.12. The second kappa shape index (κ2) is 8.25. The molecule has 3 nitrogen and oxygen atoms in total. The van der Waals surface area contributed by atoms with Gasteiger partial charge in [0.15, 0.2) is 6.29 Å². The van der Waals surface area contributed by atoms with Gasteiger partial charge in [-0.25, -0.2) is 0 Å². The first kappa shape index (κ1) is 15.2. The number of benzene rings is 1. The smallest absolute Gasteiger partial charge is 0.158 e. The van der Waals surface area contributed by atoms with Gasteiger partial charge in [0.25, 0.3) is 0 Å². The lowest BCUT2D eigenvalue weighted by Gasteiger charge is -2.25. The molecule has 18 heavy (non-hydrogen) atoms. The van der Waals surface area contributed by atoms with Gasteiger partial charge in [0.05, 0.1) is 6.10 Å². The molecule has 0 bridgehead atoms. The van der Waals surface area contributed by atoms with Crippen LogP contribution in [0.2, 0.25) is 0 Å². The second-order valence-corrected chi connectivity index (χ2v) is 4.33. The Morgan fingerprint density at radius 3 is 2.06 bits per heavy atom. The molecule has 1 aromatic carbocycles. The highest BCUT2D eigenvalue weighted by atomic mass is 16.7. The maximum atomic E-state index is 9.94. The Kier molecular flexibility index (Phi) is 6.94. The van der Waals surface area contributed by atoms with Gasteiger partial charge < -0.3 is 14.6 Å². The van der Waals surface area contributed by atoms with Crippen LogP contribution in [-0.2, 0) is 9.47 Å². The van der Waals surface area contributed by atoms with E-state index in [1.807, 2.05) is 51.1 Å². The summed E-state index contributed by atoms with van der Waals surface area (Å²) in [5.74, 6) is 0.0364. The van der Waals surface area contributed by atoms with E-state index in [0.717, 1.165) is 5.56 Å². The van der Waals surface area contributed by atoms with Gasteiger partial charge in [-0.1, -0.05) is 30.3 Å². The Morgan fingerprint density at radius 2 is 1.61 bits per heavy atom. The number of aliphatic hydroxyl groups excluding tert-OH is 1. The van der Waals surface area contributed by atoms with Gasteiger partial charge in [0.1, 0.15) is 0 Å². The van der Waals surface area contributed by atoms with Crippen LogP contribution in [0.5, 0.6) is 0 Å². The van der Waals surface area contributed by atoms with Crippen molar-refractivity contribution in [3.05, 3.63) is 35.9 Å². The monoisotopic (exact) mass is 252 g/mol. The first-order valence-electron chi connectivity index (χ1n) is 6.65. The Balaban J connectivity index is 2.73. The molecule has 0 spiro atoms. The van der Waals surface area contributed by atoms with Crippen molar-refractivity contribution in [3.8, 4) is 0 Å². The van der Waals surface area contributed by atoms with E-state index < -0.39 is 6.10 Å². The van der Waals surface area contributed by atoms with Crippen LogP contribution in [-0.4, -0.2) is 30.7 Å². The maximum absolute atomic E-state index is 9.94. The van der Waals surface area contributed by atoms with Crippen LogP contribution in [0.15, 0.2) is 30.3 Å². The van der Waals surface area contributed by atoms with Crippen molar-refractivity contribution in [2.45, 2.75) is 45.5 Å². The predicted molar refractivity (Wildman–Crippen MR) is 72.5 cm³/mol. The Hall–Kier alpha value is -0.900. The van der Waals surface area contributed by atoms with E-state index in [2.05, 4.69) is 0 Å². The number of hydrogen-bond acceptors (Lipinski definition) is 3. The van der Waals surface area contributed by atoms with E-state index in [1.54, 1.807) is 0 Å². The summed E-state index contributed by atoms with van der Waals surface area (Å²) in [5, 5.41) is 9.94. The molecule has 0 heterocycles. The first-order valence-corrected chi connectivity index (χ1v) is 6.65. The van der Waals surface area contributed by atoms with Gasteiger partial charge in [-0.3, -0.25) is 0 Å². The van der Waals surface area contributed by atoms with E-state index >= 15 is 0 Å². The van der Waals surface area contributed by atoms with E-state index in [-0.39, 0.29) is 12.2 Å². The van der Waals surface area contributed by atoms with Crippen LogP contribution in [0.25, 0.3) is 0 Å². The molecule has 3 heteroatoms. The number of hydrogen-bond donors (Lipinski definition) is 1. The average molecular weight is 252 g/mol. The summed E-state index contributed by atoms with van der Waals surface area (Å²) in [6, 6.07) is 10.0. The fourth-order valence-corrected chi connectivity index (χ4v) is 2.08. The molecule has 0 saturated heterocycles. The lowest BCUT2D eigenvalue weighted by Crippen LogP contribution is -2.25. The molecule has 1 aromatic rings. The summed E-state index contributed by atoms with van der Waals surface area (Å²) in [6.45, 7) is 6.95. The van der Waals surface area contributed by atoms with Gasteiger partial charge in [-0.2, -0.15) is 0 Å². The number of ether oxygens (including phenoxy) is 2. The van der Waals surface area contributed by atoms with Crippen LogP contribution in [0.4, 0.5) is 0 Å². The molecule has 2 unspecified atom stereocenters. The first-order chi connectivity index (χ1) is 8.69. The third kappa shape index (κ3) is 4.77.